The highest BCUT2D eigenvalue weighted by Gasteiger charge is 2.58. The summed E-state index contributed by atoms with van der Waals surface area (Å²) < 4.78 is 28.0. The number of carbonyl (C=O) groups is 1. The van der Waals surface area contributed by atoms with E-state index < -0.39 is 24.5 Å². The molecule has 2 bridgehead atoms. The first-order valence-corrected chi connectivity index (χ1v) is 12.7. The number of amides is 1. The second-order valence-corrected chi connectivity index (χ2v) is 10.6. The molecule has 5 fully saturated rings. The highest BCUT2D eigenvalue weighted by atomic mass is 19.1. The summed E-state index contributed by atoms with van der Waals surface area (Å²) in [6.45, 7) is 1.93. The molecule has 0 radical (unpaired) electrons. The summed E-state index contributed by atoms with van der Waals surface area (Å²) in [5.41, 5.74) is 2.15. The van der Waals surface area contributed by atoms with E-state index in [1.807, 2.05) is 16.8 Å². The van der Waals surface area contributed by atoms with Gasteiger partial charge in [-0.1, -0.05) is 0 Å². The van der Waals surface area contributed by atoms with Crippen LogP contribution >= 0.6 is 0 Å². The number of fused-ring (bicyclic) bond motifs is 1. The van der Waals surface area contributed by atoms with Crippen LogP contribution in [0.25, 0.3) is 5.52 Å². The number of nitrogens with zero attached hydrogens (tertiary/aromatic N) is 4. The lowest BCUT2D eigenvalue weighted by atomic mass is 9.50. The summed E-state index contributed by atoms with van der Waals surface area (Å²) in [5, 5.41) is 21.1. The van der Waals surface area contributed by atoms with Crippen LogP contribution in [0.5, 0.6) is 0 Å². The number of aromatic nitrogens is 5. The van der Waals surface area contributed by atoms with Gasteiger partial charge in [0.25, 0.3) is 0 Å². The normalized spacial score (nSPS) is 31.6. The number of ether oxygens (including phenoxy) is 2. The summed E-state index contributed by atoms with van der Waals surface area (Å²) >= 11 is 0. The SMILES string of the molecule is O=C(NC12CC(C1)C2)O[C@H]1CO[C@@H](c2cc(Nc3nc(C4CCNCC4)cn4nccc34)n[nH]2)[C@@H]1F. The van der Waals surface area contributed by atoms with Crippen molar-refractivity contribution >= 4 is 23.2 Å². The molecule has 3 aromatic heterocycles. The van der Waals surface area contributed by atoms with Gasteiger partial charge in [-0.2, -0.15) is 10.2 Å². The zero-order valence-corrected chi connectivity index (χ0v) is 19.7. The van der Waals surface area contributed by atoms with E-state index in [-0.39, 0.29) is 12.1 Å². The molecular weight excluding hydrogens is 467 g/mol. The van der Waals surface area contributed by atoms with Gasteiger partial charge in [-0.25, -0.2) is 18.7 Å². The highest BCUT2D eigenvalue weighted by molar-refractivity contribution is 5.72. The quantitative estimate of drug-likeness (QED) is 0.410. The number of halogens is 1. The number of anilines is 2. The van der Waals surface area contributed by atoms with Crippen LogP contribution in [0, 0.1) is 5.92 Å². The fourth-order valence-electron chi connectivity index (χ4n) is 5.97. The topological polar surface area (TPSA) is 130 Å². The van der Waals surface area contributed by atoms with Gasteiger partial charge in [-0.05, 0) is 57.2 Å². The zero-order valence-electron chi connectivity index (χ0n) is 19.7. The van der Waals surface area contributed by atoms with E-state index in [1.54, 1.807) is 12.3 Å². The van der Waals surface area contributed by atoms with E-state index in [2.05, 4.69) is 31.2 Å². The van der Waals surface area contributed by atoms with E-state index in [0.29, 0.717) is 23.2 Å². The largest absolute Gasteiger partial charge is 0.441 e. The van der Waals surface area contributed by atoms with E-state index in [1.165, 1.54) is 0 Å². The van der Waals surface area contributed by atoms with Crippen LogP contribution in [0.15, 0.2) is 24.5 Å². The molecule has 11 nitrogen and oxygen atoms in total. The lowest BCUT2D eigenvalue weighted by Crippen LogP contribution is -2.68. The first kappa shape index (κ1) is 22.0. The molecule has 5 heterocycles. The molecule has 0 spiro atoms. The molecule has 2 saturated heterocycles. The average Bonchev–Trinajstić information content (AvgIpc) is 3.57. The van der Waals surface area contributed by atoms with Crippen LogP contribution in [0.1, 0.15) is 55.5 Å². The Kier molecular flexibility index (Phi) is 5.14. The first-order valence-electron chi connectivity index (χ1n) is 12.7. The van der Waals surface area contributed by atoms with Crippen molar-refractivity contribution in [1.29, 1.82) is 0 Å². The minimum Gasteiger partial charge on any atom is -0.441 e. The summed E-state index contributed by atoms with van der Waals surface area (Å²) in [4.78, 5) is 17.1. The van der Waals surface area contributed by atoms with E-state index >= 15 is 4.39 Å². The van der Waals surface area contributed by atoms with Gasteiger partial charge in [0.15, 0.2) is 23.9 Å². The molecule has 3 atom stereocenters. The number of hydrogen-bond acceptors (Lipinski definition) is 8. The van der Waals surface area contributed by atoms with Gasteiger partial charge in [0.1, 0.15) is 11.6 Å². The fourth-order valence-corrected chi connectivity index (χ4v) is 5.97. The number of nitrogens with one attached hydrogen (secondary N) is 4. The van der Waals surface area contributed by atoms with Gasteiger partial charge < -0.3 is 25.4 Å². The molecule has 0 unspecified atom stereocenters. The molecule has 2 aliphatic heterocycles. The Bertz CT molecular complexity index is 1270. The third kappa shape index (κ3) is 3.79. The highest BCUT2D eigenvalue weighted by Crippen LogP contribution is 2.57. The van der Waals surface area contributed by atoms with Crippen molar-refractivity contribution in [2.75, 3.05) is 25.0 Å². The Morgan fingerprint density at radius 1 is 1.28 bits per heavy atom. The summed E-state index contributed by atoms with van der Waals surface area (Å²) in [7, 11) is 0. The lowest BCUT2D eigenvalue weighted by molar-refractivity contribution is -0.0528. The Balaban J connectivity index is 1.04. The van der Waals surface area contributed by atoms with E-state index in [0.717, 1.165) is 62.3 Å². The molecule has 36 heavy (non-hydrogen) atoms. The van der Waals surface area contributed by atoms with Crippen molar-refractivity contribution in [3.63, 3.8) is 0 Å². The second kappa shape index (κ2) is 8.41. The van der Waals surface area contributed by atoms with Gasteiger partial charge in [-0.3, -0.25) is 5.10 Å². The van der Waals surface area contributed by atoms with Crippen molar-refractivity contribution in [2.24, 2.45) is 5.92 Å². The molecule has 5 aliphatic rings. The first-order chi connectivity index (χ1) is 17.6. The number of carbonyl (C=O) groups excluding carboxylic acids is 1. The summed E-state index contributed by atoms with van der Waals surface area (Å²) in [6, 6.07) is 3.58. The number of piperidine rings is 1. The minimum absolute atomic E-state index is 0.00699. The Labute approximate surface area is 206 Å². The van der Waals surface area contributed by atoms with E-state index in [4.69, 9.17) is 14.5 Å². The van der Waals surface area contributed by atoms with Crippen LogP contribution in [0.4, 0.5) is 20.8 Å². The van der Waals surface area contributed by atoms with Crippen molar-refractivity contribution in [3.8, 4) is 0 Å². The molecule has 190 valence electrons. The Morgan fingerprint density at radius 2 is 2.11 bits per heavy atom. The lowest BCUT2D eigenvalue weighted by Gasteiger charge is -2.61. The average molecular weight is 497 g/mol. The number of hydrogen-bond donors (Lipinski definition) is 4. The minimum atomic E-state index is -1.50. The summed E-state index contributed by atoms with van der Waals surface area (Å²) in [5.74, 6) is 2.22. The molecule has 3 aromatic rings. The summed E-state index contributed by atoms with van der Waals surface area (Å²) in [6.07, 6.45) is 4.81. The number of alkyl carbamates (subject to hydrolysis) is 1. The standard InChI is InChI=1S/C24H29FN8O3/c25-20-18(36-23(34)30-24-8-13(9-24)10-24)12-35-21(20)15-7-19(32-31-15)29-22-17-3-6-27-33(17)11-16(28-22)14-1-4-26-5-2-14/h3,6-7,11,13-14,18,20-21,26H,1-2,4-5,8-10,12H2,(H,30,34)(H2,28,29,31,32)/t13?,18-,20+,21-,24?/m0/s1. The smallest absolute Gasteiger partial charge is 0.408 e. The molecule has 0 aromatic carbocycles. The van der Waals surface area contributed by atoms with Crippen molar-refractivity contribution in [2.45, 2.75) is 61.9 Å². The van der Waals surface area contributed by atoms with Crippen LogP contribution < -0.4 is 16.0 Å². The molecule has 3 aliphatic carbocycles. The number of rotatable bonds is 6. The Hall–Kier alpha value is -3.25. The van der Waals surface area contributed by atoms with E-state index in [9.17, 15) is 4.79 Å². The van der Waals surface area contributed by atoms with Crippen LogP contribution in [0.2, 0.25) is 0 Å². The monoisotopic (exact) mass is 496 g/mol. The maximum Gasteiger partial charge on any atom is 0.408 e. The van der Waals surface area contributed by atoms with Crippen molar-refractivity contribution in [1.82, 2.24) is 35.4 Å². The zero-order chi connectivity index (χ0) is 24.3. The molecule has 3 saturated carbocycles. The maximum atomic E-state index is 15.2. The molecular formula is C24H29FN8O3. The fraction of sp³-hybridized carbons (Fsp3) is 0.583. The molecule has 8 rings (SSSR count). The maximum absolute atomic E-state index is 15.2. The molecule has 1 amide bonds. The van der Waals surface area contributed by atoms with Gasteiger partial charge >= 0.3 is 6.09 Å². The Morgan fingerprint density at radius 3 is 2.89 bits per heavy atom. The van der Waals surface area contributed by atoms with Crippen molar-refractivity contribution < 1.29 is 18.7 Å². The van der Waals surface area contributed by atoms with Crippen molar-refractivity contribution in [3.05, 3.63) is 35.9 Å². The van der Waals surface area contributed by atoms with Gasteiger partial charge in [0, 0.05) is 17.5 Å². The van der Waals surface area contributed by atoms with Crippen LogP contribution in [-0.2, 0) is 9.47 Å². The predicted molar refractivity (Wildman–Crippen MR) is 127 cm³/mol. The van der Waals surface area contributed by atoms with Gasteiger partial charge in [0.05, 0.1) is 30.4 Å². The van der Waals surface area contributed by atoms with Crippen LogP contribution in [0.3, 0.4) is 0 Å². The molecule has 12 heteroatoms. The van der Waals surface area contributed by atoms with Gasteiger partial charge in [-0.15, -0.1) is 0 Å². The van der Waals surface area contributed by atoms with Gasteiger partial charge in [0.2, 0.25) is 0 Å². The third-order valence-corrected chi connectivity index (χ3v) is 8.06. The molecule has 4 N–H and O–H groups in total. The number of H-pyrrole nitrogens is 1. The number of alkyl halides is 1. The second-order valence-electron chi connectivity index (χ2n) is 10.6. The third-order valence-electron chi connectivity index (χ3n) is 8.06. The van der Waals surface area contributed by atoms with Crippen LogP contribution in [-0.4, -0.2) is 68.4 Å². The predicted octanol–water partition coefficient (Wildman–Crippen LogP) is 2.72. The number of aromatic amines is 1.